The summed E-state index contributed by atoms with van der Waals surface area (Å²) in [6, 6.07) is 3.72. The van der Waals surface area contributed by atoms with Crippen LogP contribution in [0.3, 0.4) is 0 Å². The van der Waals surface area contributed by atoms with Gasteiger partial charge in [-0.25, -0.2) is 15.0 Å². The first-order chi connectivity index (χ1) is 12.3. The minimum atomic E-state index is -0.106. The Kier molecular flexibility index (Phi) is 5.18. The van der Waals surface area contributed by atoms with E-state index in [0.717, 1.165) is 32.9 Å². The van der Waals surface area contributed by atoms with Gasteiger partial charge in [0, 0.05) is 29.9 Å². The van der Waals surface area contributed by atoms with Crippen LogP contribution in [0.2, 0.25) is 0 Å². The summed E-state index contributed by atoms with van der Waals surface area (Å²) in [6.45, 7) is 10.1. The van der Waals surface area contributed by atoms with Gasteiger partial charge in [0.2, 0.25) is 5.88 Å². The zero-order valence-electron chi connectivity index (χ0n) is 15.6. The maximum atomic E-state index is 12.6. The van der Waals surface area contributed by atoms with E-state index >= 15 is 0 Å². The predicted molar refractivity (Wildman–Crippen MR) is 103 cm³/mol. The minimum Gasteiger partial charge on any atom is -0.475 e. The summed E-state index contributed by atoms with van der Waals surface area (Å²) < 4.78 is 5.52. The monoisotopic (exact) mass is 370 g/mol. The van der Waals surface area contributed by atoms with Crippen LogP contribution in [0.1, 0.15) is 46.2 Å². The van der Waals surface area contributed by atoms with Crippen LogP contribution in [0.5, 0.6) is 5.88 Å². The summed E-state index contributed by atoms with van der Waals surface area (Å²) in [6.07, 6.45) is 1.80. The third-order valence-electron chi connectivity index (χ3n) is 3.90. The molecule has 0 spiro atoms. The molecule has 7 heteroatoms. The third-order valence-corrected chi connectivity index (χ3v) is 5.08. The Balaban J connectivity index is 1.73. The fraction of sp³-hybridized carbons (Fsp3) is 0.368. The molecule has 3 aromatic rings. The lowest BCUT2D eigenvalue weighted by Gasteiger charge is -2.09. The van der Waals surface area contributed by atoms with Crippen LogP contribution in [0.15, 0.2) is 18.3 Å². The Morgan fingerprint density at radius 2 is 2.00 bits per heavy atom. The van der Waals surface area contributed by atoms with Gasteiger partial charge in [-0.1, -0.05) is 6.07 Å². The van der Waals surface area contributed by atoms with E-state index in [1.807, 2.05) is 46.8 Å². The smallest absolute Gasteiger partial charge is 0.261 e. The van der Waals surface area contributed by atoms with Crippen molar-refractivity contribution in [2.45, 2.75) is 47.3 Å². The summed E-state index contributed by atoms with van der Waals surface area (Å²) in [5, 5.41) is 3.93. The standard InChI is InChI=1S/C19H22N4O2S/c1-10(2)25-15-7-6-14(8-20-15)9-21-18(24)17-11(3)16-12(4)22-13(5)23-19(16)26-17/h6-8,10H,9H2,1-5H3,(H,21,24). The van der Waals surface area contributed by atoms with Gasteiger partial charge in [-0.2, -0.15) is 0 Å². The van der Waals surface area contributed by atoms with Crippen LogP contribution in [-0.4, -0.2) is 27.0 Å². The van der Waals surface area contributed by atoms with Gasteiger partial charge in [-0.3, -0.25) is 4.79 Å². The number of rotatable bonds is 5. The van der Waals surface area contributed by atoms with Crippen LogP contribution in [0.25, 0.3) is 10.2 Å². The van der Waals surface area contributed by atoms with Crippen molar-refractivity contribution in [2.24, 2.45) is 0 Å². The summed E-state index contributed by atoms with van der Waals surface area (Å²) in [4.78, 5) is 27.3. The molecule has 26 heavy (non-hydrogen) atoms. The van der Waals surface area contributed by atoms with Gasteiger partial charge in [-0.15, -0.1) is 11.3 Å². The molecule has 1 amide bonds. The number of ether oxygens (including phenoxy) is 1. The molecule has 0 fully saturated rings. The highest BCUT2D eigenvalue weighted by Gasteiger charge is 2.18. The SMILES string of the molecule is Cc1nc(C)c2c(C)c(C(=O)NCc3ccc(OC(C)C)nc3)sc2n1. The number of aromatic nitrogens is 3. The number of carbonyl (C=O) groups is 1. The van der Waals surface area contributed by atoms with Crippen molar-refractivity contribution in [3.63, 3.8) is 0 Å². The van der Waals surface area contributed by atoms with E-state index < -0.39 is 0 Å². The lowest BCUT2D eigenvalue weighted by Crippen LogP contribution is -2.22. The second-order valence-electron chi connectivity index (χ2n) is 6.45. The molecular weight excluding hydrogens is 348 g/mol. The van der Waals surface area contributed by atoms with Crippen LogP contribution in [-0.2, 0) is 6.54 Å². The maximum Gasteiger partial charge on any atom is 0.261 e. The van der Waals surface area contributed by atoms with E-state index in [-0.39, 0.29) is 12.0 Å². The number of nitrogens with one attached hydrogen (secondary N) is 1. The van der Waals surface area contributed by atoms with E-state index in [4.69, 9.17) is 4.74 Å². The Labute approximate surface area is 156 Å². The summed E-state index contributed by atoms with van der Waals surface area (Å²) in [5.74, 6) is 1.20. The molecule has 6 nitrogen and oxygen atoms in total. The number of aryl methyl sites for hydroxylation is 3. The van der Waals surface area contributed by atoms with Crippen molar-refractivity contribution in [3.8, 4) is 5.88 Å². The highest BCUT2D eigenvalue weighted by molar-refractivity contribution is 7.20. The van der Waals surface area contributed by atoms with Crippen molar-refractivity contribution < 1.29 is 9.53 Å². The van der Waals surface area contributed by atoms with Gasteiger partial charge in [0.1, 0.15) is 10.7 Å². The predicted octanol–water partition coefficient (Wildman–Crippen LogP) is 3.73. The van der Waals surface area contributed by atoms with Crippen LogP contribution < -0.4 is 10.1 Å². The van der Waals surface area contributed by atoms with Crippen molar-refractivity contribution in [2.75, 3.05) is 0 Å². The maximum absolute atomic E-state index is 12.6. The molecule has 136 valence electrons. The van der Waals surface area contributed by atoms with Crippen LogP contribution in [0, 0.1) is 20.8 Å². The Morgan fingerprint density at radius 3 is 2.65 bits per heavy atom. The van der Waals surface area contributed by atoms with E-state index in [9.17, 15) is 4.79 Å². The molecule has 0 aliphatic heterocycles. The van der Waals surface area contributed by atoms with Crippen LogP contribution >= 0.6 is 11.3 Å². The average Bonchev–Trinajstić information content (AvgIpc) is 2.90. The molecule has 1 N–H and O–H groups in total. The van der Waals surface area contributed by atoms with Gasteiger partial charge < -0.3 is 10.1 Å². The van der Waals surface area contributed by atoms with Gasteiger partial charge in [0.25, 0.3) is 5.91 Å². The normalized spacial score (nSPS) is 11.2. The highest BCUT2D eigenvalue weighted by atomic mass is 32.1. The van der Waals surface area contributed by atoms with E-state index in [0.29, 0.717) is 17.3 Å². The van der Waals surface area contributed by atoms with Gasteiger partial charge in [-0.05, 0) is 45.7 Å². The molecule has 3 aromatic heterocycles. The molecule has 0 radical (unpaired) electrons. The Hall–Kier alpha value is -2.54. The summed E-state index contributed by atoms with van der Waals surface area (Å²) >= 11 is 1.41. The number of thiophene rings is 1. The van der Waals surface area contributed by atoms with Crippen LogP contribution in [0.4, 0.5) is 0 Å². The first-order valence-corrected chi connectivity index (χ1v) is 9.31. The fourth-order valence-corrected chi connectivity index (χ4v) is 3.97. The molecular formula is C19H22N4O2S. The number of hydrogen-bond acceptors (Lipinski definition) is 6. The topological polar surface area (TPSA) is 77.0 Å². The zero-order chi connectivity index (χ0) is 18.8. The molecule has 0 aliphatic rings. The van der Waals surface area contributed by atoms with Crippen molar-refractivity contribution in [1.29, 1.82) is 0 Å². The van der Waals surface area contributed by atoms with Gasteiger partial charge >= 0.3 is 0 Å². The summed E-state index contributed by atoms with van der Waals surface area (Å²) in [5.41, 5.74) is 2.75. The molecule has 0 aromatic carbocycles. The van der Waals surface area contributed by atoms with E-state index in [1.54, 1.807) is 6.20 Å². The molecule has 0 bridgehead atoms. The third kappa shape index (κ3) is 3.83. The first-order valence-electron chi connectivity index (χ1n) is 8.49. The second kappa shape index (κ2) is 7.37. The number of hydrogen-bond donors (Lipinski definition) is 1. The second-order valence-corrected chi connectivity index (χ2v) is 7.45. The fourth-order valence-electron chi connectivity index (χ4n) is 2.78. The zero-order valence-corrected chi connectivity index (χ0v) is 16.4. The van der Waals surface area contributed by atoms with Crippen molar-refractivity contribution >= 4 is 27.5 Å². The number of pyridine rings is 1. The minimum absolute atomic E-state index is 0.0826. The number of nitrogens with zero attached hydrogens (tertiary/aromatic N) is 3. The van der Waals surface area contributed by atoms with Gasteiger partial charge in [0.05, 0.1) is 11.0 Å². The molecule has 0 saturated carbocycles. The van der Waals surface area contributed by atoms with Crippen molar-refractivity contribution in [3.05, 3.63) is 45.9 Å². The summed E-state index contributed by atoms with van der Waals surface area (Å²) in [7, 11) is 0. The van der Waals surface area contributed by atoms with Gasteiger partial charge in [0.15, 0.2) is 0 Å². The number of amides is 1. The molecule has 0 aliphatic carbocycles. The Bertz CT molecular complexity index is 948. The molecule has 0 atom stereocenters. The quantitative estimate of drug-likeness (QED) is 0.740. The first kappa shape index (κ1) is 18.3. The van der Waals surface area contributed by atoms with E-state index in [2.05, 4.69) is 20.3 Å². The van der Waals surface area contributed by atoms with E-state index in [1.165, 1.54) is 11.3 Å². The molecule has 0 unspecified atom stereocenters. The largest absolute Gasteiger partial charge is 0.475 e. The van der Waals surface area contributed by atoms with Crippen molar-refractivity contribution in [1.82, 2.24) is 20.3 Å². The average molecular weight is 370 g/mol. The molecule has 3 heterocycles. The number of carbonyl (C=O) groups excluding carboxylic acids is 1. The molecule has 3 rings (SSSR count). The molecule has 0 saturated heterocycles. The lowest BCUT2D eigenvalue weighted by molar-refractivity contribution is 0.0954. The highest BCUT2D eigenvalue weighted by Crippen LogP contribution is 2.31. The Morgan fingerprint density at radius 1 is 1.23 bits per heavy atom. The lowest BCUT2D eigenvalue weighted by atomic mass is 10.1. The number of fused-ring (bicyclic) bond motifs is 1.